The lowest BCUT2D eigenvalue weighted by Crippen LogP contribution is -2.40. The van der Waals surface area contributed by atoms with Gasteiger partial charge >= 0.3 is 5.97 Å². The third-order valence-corrected chi connectivity index (χ3v) is 4.41. The standard InChI is InChI=1S/C18H24N2O5/c1-25-15-4-2-13(3-5-15)12-19-16(21)6-7-17(22)20-10-8-14(9-11-20)18(23)24/h2-5,14H,6-12H2,1H3,(H,19,21)(H,23,24). The summed E-state index contributed by atoms with van der Waals surface area (Å²) in [6.45, 7) is 1.30. The first-order chi connectivity index (χ1) is 12.0. The van der Waals surface area contributed by atoms with Crippen molar-refractivity contribution in [2.24, 2.45) is 5.92 Å². The fraction of sp³-hybridized carbons (Fsp3) is 0.500. The van der Waals surface area contributed by atoms with Gasteiger partial charge in [-0.25, -0.2) is 0 Å². The van der Waals surface area contributed by atoms with Crippen molar-refractivity contribution >= 4 is 17.8 Å². The number of aliphatic carboxylic acids is 1. The molecule has 2 amide bonds. The number of piperidine rings is 1. The number of carboxylic acid groups (broad SMARTS) is 1. The molecule has 7 nitrogen and oxygen atoms in total. The van der Waals surface area contributed by atoms with E-state index in [0.717, 1.165) is 11.3 Å². The predicted octanol–water partition coefficient (Wildman–Crippen LogP) is 1.41. The van der Waals surface area contributed by atoms with E-state index >= 15 is 0 Å². The van der Waals surface area contributed by atoms with Gasteiger partial charge in [-0.3, -0.25) is 14.4 Å². The average Bonchev–Trinajstić information content (AvgIpc) is 2.64. The Hall–Kier alpha value is -2.57. The Labute approximate surface area is 147 Å². The van der Waals surface area contributed by atoms with Gasteiger partial charge in [-0.15, -0.1) is 0 Å². The fourth-order valence-corrected chi connectivity index (χ4v) is 2.79. The van der Waals surface area contributed by atoms with Gasteiger partial charge in [-0.05, 0) is 30.5 Å². The highest BCUT2D eigenvalue weighted by atomic mass is 16.5. The molecule has 1 aromatic rings. The lowest BCUT2D eigenvalue weighted by molar-refractivity contribution is -0.145. The van der Waals surface area contributed by atoms with Crippen LogP contribution in [0.5, 0.6) is 5.75 Å². The molecule has 1 aliphatic heterocycles. The van der Waals surface area contributed by atoms with Crippen LogP contribution in [0.2, 0.25) is 0 Å². The summed E-state index contributed by atoms with van der Waals surface area (Å²) >= 11 is 0. The molecule has 0 unspecified atom stereocenters. The Kier molecular flexibility index (Phi) is 6.80. The summed E-state index contributed by atoms with van der Waals surface area (Å²) in [6, 6.07) is 7.39. The maximum absolute atomic E-state index is 12.1. The zero-order chi connectivity index (χ0) is 18.2. The number of nitrogens with one attached hydrogen (secondary N) is 1. The number of hydrogen-bond donors (Lipinski definition) is 2. The van der Waals surface area contributed by atoms with Crippen molar-refractivity contribution in [2.75, 3.05) is 20.2 Å². The second-order valence-corrected chi connectivity index (χ2v) is 6.12. The normalized spacial score (nSPS) is 14.8. The zero-order valence-electron chi connectivity index (χ0n) is 14.4. The summed E-state index contributed by atoms with van der Waals surface area (Å²) in [4.78, 5) is 36.5. The van der Waals surface area contributed by atoms with Crippen molar-refractivity contribution in [1.82, 2.24) is 10.2 Å². The first-order valence-corrected chi connectivity index (χ1v) is 8.40. The second kappa shape index (κ2) is 9.05. The maximum Gasteiger partial charge on any atom is 0.306 e. The van der Waals surface area contributed by atoms with E-state index in [0.29, 0.717) is 32.5 Å². The lowest BCUT2D eigenvalue weighted by atomic mass is 9.97. The van der Waals surface area contributed by atoms with Crippen molar-refractivity contribution in [1.29, 1.82) is 0 Å². The quantitative estimate of drug-likeness (QED) is 0.777. The number of carboxylic acids is 1. The number of rotatable bonds is 7. The van der Waals surface area contributed by atoms with E-state index in [2.05, 4.69) is 5.32 Å². The van der Waals surface area contributed by atoms with Crippen LogP contribution >= 0.6 is 0 Å². The molecule has 2 N–H and O–H groups in total. The van der Waals surface area contributed by atoms with Crippen LogP contribution in [-0.2, 0) is 20.9 Å². The molecule has 0 aromatic heterocycles. The van der Waals surface area contributed by atoms with Gasteiger partial charge in [0.25, 0.3) is 0 Å². The Morgan fingerprint density at radius 1 is 1.16 bits per heavy atom. The van der Waals surface area contributed by atoms with E-state index < -0.39 is 5.97 Å². The minimum atomic E-state index is -0.801. The summed E-state index contributed by atoms with van der Waals surface area (Å²) < 4.78 is 5.07. The highest BCUT2D eigenvalue weighted by Gasteiger charge is 2.26. The van der Waals surface area contributed by atoms with Crippen LogP contribution in [0.4, 0.5) is 0 Å². The molecule has 2 rings (SSSR count). The molecule has 0 atom stereocenters. The number of nitrogens with zero attached hydrogens (tertiary/aromatic N) is 1. The monoisotopic (exact) mass is 348 g/mol. The van der Waals surface area contributed by atoms with Crippen molar-refractivity contribution in [2.45, 2.75) is 32.2 Å². The maximum atomic E-state index is 12.1. The van der Waals surface area contributed by atoms with Crippen molar-refractivity contribution in [3.8, 4) is 5.75 Å². The van der Waals surface area contributed by atoms with E-state index in [1.165, 1.54) is 0 Å². The van der Waals surface area contributed by atoms with Crippen LogP contribution in [0.25, 0.3) is 0 Å². The summed E-state index contributed by atoms with van der Waals surface area (Å²) in [5, 5.41) is 11.7. The van der Waals surface area contributed by atoms with Crippen molar-refractivity contribution in [3.63, 3.8) is 0 Å². The molecule has 1 aliphatic rings. The molecule has 7 heteroatoms. The van der Waals surface area contributed by atoms with Gasteiger partial charge in [0.2, 0.25) is 11.8 Å². The molecular weight excluding hydrogens is 324 g/mol. The Bertz CT molecular complexity index is 606. The summed E-state index contributed by atoms with van der Waals surface area (Å²) in [5.74, 6) is -0.678. The molecule has 0 radical (unpaired) electrons. The highest BCUT2D eigenvalue weighted by molar-refractivity contribution is 5.84. The van der Waals surface area contributed by atoms with E-state index in [4.69, 9.17) is 9.84 Å². The van der Waals surface area contributed by atoms with Crippen LogP contribution in [0, 0.1) is 5.92 Å². The van der Waals surface area contributed by atoms with Crippen LogP contribution < -0.4 is 10.1 Å². The molecule has 1 saturated heterocycles. The summed E-state index contributed by atoms with van der Waals surface area (Å²) in [7, 11) is 1.60. The SMILES string of the molecule is COc1ccc(CNC(=O)CCC(=O)N2CCC(C(=O)O)CC2)cc1. The molecule has 25 heavy (non-hydrogen) atoms. The Morgan fingerprint density at radius 2 is 1.80 bits per heavy atom. The number of amides is 2. The molecule has 0 aliphatic carbocycles. The zero-order valence-corrected chi connectivity index (χ0v) is 14.4. The third-order valence-electron chi connectivity index (χ3n) is 4.41. The number of likely N-dealkylation sites (tertiary alicyclic amines) is 1. The number of hydrogen-bond acceptors (Lipinski definition) is 4. The highest BCUT2D eigenvalue weighted by Crippen LogP contribution is 2.18. The largest absolute Gasteiger partial charge is 0.497 e. The van der Waals surface area contributed by atoms with Crippen molar-refractivity contribution in [3.05, 3.63) is 29.8 Å². The van der Waals surface area contributed by atoms with Crippen molar-refractivity contribution < 1.29 is 24.2 Å². The molecule has 0 spiro atoms. The predicted molar refractivity (Wildman–Crippen MR) is 91.0 cm³/mol. The minimum absolute atomic E-state index is 0.0940. The Balaban J connectivity index is 1.67. The first-order valence-electron chi connectivity index (χ1n) is 8.40. The van der Waals surface area contributed by atoms with Crippen LogP contribution in [0.15, 0.2) is 24.3 Å². The van der Waals surface area contributed by atoms with Gasteiger partial charge < -0.3 is 20.1 Å². The van der Waals surface area contributed by atoms with E-state index in [1.54, 1.807) is 12.0 Å². The van der Waals surface area contributed by atoms with Crippen LogP contribution in [0.1, 0.15) is 31.2 Å². The van der Waals surface area contributed by atoms with E-state index in [9.17, 15) is 14.4 Å². The number of carbonyl (C=O) groups excluding carboxylic acids is 2. The molecular formula is C18H24N2O5. The number of carbonyl (C=O) groups is 3. The van der Waals surface area contributed by atoms with Gasteiger partial charge in [0, 0.05) is 32.5 Å². The van der Waals surface area contributed by atoms with Crippen LogP contribution in [0.3, 0.4) is 0 Å². The van der Waals surface area contributed by atoms with Gasteiger partial charge in [0.1, 0.15) is 5.75 Å². The molecule has 1 heterocycles. The lowest BCUT2D eigenvalue weighted by Gasteiger charge is -2.30. The molecule has 0 saturated carbocycles. The van der Waals surface area contributed by atoms with E-state index in [-0.39, 0.29) is 30.6 Å². The molecule has 0 bridgehead atoms. The molecule has 136 valence electrons. The number of ether oxygens (including phenoxy) is 1. The van der Waals surface area contributed by atoms with Crippen LogP contribution in [-0.4, -0.2) is 48.0 Å². The first kappa shape index (κ1) is 18.8. The number of benzene rings is 1. The smallest absolute Gasteiger partial charge is 0.306 e. The van der Waals surface area contributed by atoms with Gasteiger partial charge in [-0.1, -0.05) is 12.1 Å². The fourth-order valence-electron chi connectivity index (χ4n) is 2.79. The van der Waals surface area contributed by atoms with E-state index in [1.807, 2.05) is 24.3 Å². The Morgan fingerprint density at radius 3 is 2.36 bits per heavy atom. The third kappa shape index (κ3) is 5.77. The van der Waals surface area contributed by atoms with Gasteiger partial charge in [0.05, 0.1) is 13.0 Å². The molecule has 1 fully saturated rings. The second-order valence-electron chi connectivity index (χ2n) is 6.12. The van der Waals surface area contributed by atoms with Gasteiger partial charge in [-0.2, -0.15) is 0 Å². The number of methoxy groups -OCH3 is 1. The molecule has 1 aromatic carbocycles. The van der Waals surface area contributed by atoms with Gasteiger partial charge in [0.15, 0.2) is 0 Å². The topological polar surface area (TPSA) is 95.9 Å². The minimum Gasteiger partial charge on any atom is -0.497 e. The average molecular weight is 348 g/mol. The summed E-state index contributed by atoms with van der Waals surface area (Å²) in [6.07, 6.45) is 1.23. The summed E-state index contributed by atoms with van der Waals surface area (Å²) in [5.41, 5.74) is 0.955.